The van der Waals surface area contributed by atoms with E-state index in [1.165, 1.54) is 0 Å². The average molecular weight is 557 g/mol. The largest absolute Gasteiger partial charge is 0.467 e. The normalized spacial score (nSPS) is 20.1. The molecule has 0 aliphatic carbocycles. The number of rotatable bonds is 9. The molecule has 2 saturated heterocycles. The fourth-order valence-electron chi connectivity index (χ4n) is 5.11. The summed E-state index contributed by atoms with van der Waals surface area (Å²) < 4.78 is 10.9. The van der Waals surface area contributed by atoms with Crippen LogP contribution in [0.1, 0.15) is 83.3 Å². The molecule has 2 atom stereocenters. The highest BCUT2D eigenvalue weighted by Gasteiger charge is 2.34. The van der Waals surface area contributed by atoms with Crippen molar-refractivity contribution < 1.29 is 18.7 Å². The van der Waals surface area contributed by atoms with E-state index in [1.54, 1.807) is 12.5 Å². The number of furan rings is 1. The highest BCUT2D eigenvalue weighted by atomic mass is 16.5. The lowest BCUT2D eigenvalue weighted by Gasteiger charge is -2.39. The van der Waals surface area contributed by atoms with E-state index in [4.69, 9.17) is 14.1 Å². The van der Waals surface area contributed by atoms with Crippen molar-refractivity contribution in [3.05, 3.63) is 41.7 Å². The van der Waals surface area contributed by atoms with Crippen LogP contribution in [0.25, 0.3) is 0 Å². The van der Waals surface area contributed by atoms with Crippen molar-refractivity contribution >= 4 is 17.6 Å². The maximum absolute atomic E-state index is 14.2. The van der Waals surface area contributed by atoms with Gasteiger partial charge >= 0.3 is 0 Å². The van der Waals surface area contributed by atoms with Gasteiger partial charge in [-0.15, -0.1) is 0 Å². The quantitative estimate of drug-likeness (QED) is 0.424. The number of carbonyl (C=O) groups excluding carboxylic acids is 2. The molecule has 2 aromatic rings. The molecule has 2 aliphatic rings. The van der Waals surface area contributed by atoms with Crippen LogP contribution in [-0.2, 0) is 21.5 Å². The number of anilines is 1. The van der Waals surface area contributed by atoms with Crippen LogP contribution >= 0.6 is 0 Å². The Hall–Kier alpha value is -2.98. The molecule has 2 fully saturated rings. The van der Waals surface area contributed by atoms with Crippen LogP contribution in [0.4, 0.5) is 5.82 Å². The van der Waals surface area contributed by atoms with Gasteiger partial charge in [-0.3, -0.25) is 9.59 Å². The molecule has 0 saturated carbocycles. The Morgan fingerprint density at radius 3 is 2.60 bits per heavy atom. The number of carbonyl (C=O) groups is 2. The molecule has 2 amide bonds. The second kappa shape index (κ2) is 14.1. The monoisotopic (exact) mass is 556 g/mol. The van der Waals surface area contributed by atoms with Gasteiger partial charge in [-0.1, -0.05) is 42.0 Å². The van der Waals surface area contributed by atoms with E-state index < -0.39 is 0 Å². The summed E-state index contributed by atoms with van der Waals surface area (Å²) in [4.78, 5) is 38.3. The predicted octanol–water partition coefficient (Wildman–Crippen LogP) is 3.99. The minimum Gasteiger partial charge on any atom is -0.467 e. The lowest BCUT2D eigenvalue weighted by molar-refractivity contribution is -0.128. The first-order valence-electron chi connectivity index (χ1n) is 14.2. The molecule has 4 heterocycles. The summed E-state index contributed by atoms with van der Waals surface area (Å²) in [6.45, 7) is 14.0. The standard InChI is InChI=1S/C29H44N6O4.CH4/c1-19(2)18-35(22-13-21(14-30-15-22)33-26(36)20-8-11-38-12-9-20)27(37)24-17-32-28(29(3,4)5)34-25(24)31-16-23-7-6-10-39-23;/h6-7,10,17,19-22,30H,8-9,11-16,18H2,1-5H3,(H,33,36)(H,31,32,34);1H4/t21-,22+;/m1./s1. The van der Waals surface area contributed by atoms with E-state index in [-0.39, 0.29) is 48.6 Å². The predicted molar refractivity (Wildman–Crippen MR) is 156 cm³/mol. The second-order valence-electron chi connectivity index (χ2n) is 12.1. The lowest BCUT2D eigenvalue weighted by atomic mass is 9.95. The summed E-state index contributed by atoms with van der Waals surface area (Å²) in [5, 5.41) is 10.00. The van der Waals surface area contributed by atoms with Crippen LogP contribution in [0.15, 0.2) is 29.0 Å². The van der Waals surface area contributed by atoms with E-state index in [0.29, 0.717) is 63.0 Å². The minimum atomic E-state index is -0.274. The average Bonchev–Trinajstić information content (AvgIpc) is 3.44. The number of piperidine rings is 1. The van der Waals surface area contributed by atoms with Crippen molar-refractivity contribution in [1.29, 1.82) is 0 Å². The van der Waals surface area contributed by atoms with E-state index >= 15 is 0 Å². The molecular weight excluding hydrogens is 508 g/mol. The molecule has 0 radical (unpaired) electrons. The summed E-state index contributed by atoms with van der Waals surface area (Å²) in [5.74, 6) is 2.14. The van der Waals surface area contributed by atoms with Gasteiger partial charge < -0.3 is 30.0 Å². The molecule has 2 aromatic heterocycles. The van der Waals surface area contributed by atoms with Crippen molar-refractivity contribution in [3.63, 3.8) is 0 Å². The number of nitrogens with zero attached hydrogens (tertiary/aromatic N) is 3. The first-order chi connectivity index (χ1) is 18.6. The summed E-state index contributed by atoms with van der Waals surface area (Å²) in [6, 6.07) is 3.60. The molecule has 0 unspecified atom stereocenters. The Morgan fingerprint density at radius 2 is 1.95 bits per heavy atom. The van der Waals surface area contributed by atoms with Crippen molar-refractivity contribution in [1.82, 2.24) is 25.5 Å². The van der Waals surface area contributed by atoms with Crippen molar-refractivity contribution in [2.75, 3.05) is 38.2 Å². The summed E-state index contributed by atoms with van der Waals surface area (Å²) in [6.07, 6.45) is 5.48. The van der Waals surface area contributed by atoms with Crippen molar-refractivity contribution in [2.24, 2.45) is 11.8 Å². The fraction of sp³-hybridized carbons (Fsp3) is 0.667. The van der Waals surface area contributed by atoms with Gasteiger partial charge in [0.2, 0.25) is 5.91 Å². The molecule has 222 valence electrons. The maximum atomic E-state index is 14.2. The number of nitrogens with one attached hydrogen (secondary N) is 3. The molecule has 10 heteroatoms. The molecule has 4 rings (SSSR count). The van der Waals surface area contributed by atoms with Gasteiger partial charge in [0.25, 0.3) is 5.91 Å². The summed E-state index contributed by atoms with van der Waals surface area (Å²) >= 11 is 0. The third-order valence-corrected chi connectivity index (χ3v) is 7.23. The van der Waals surface area contributed by atoms with Crippen LogP contribution in [0.3, 0.4) is 0 Å². The smallest absolute Gasteiger partial charge is 0.259 e. The first kappa shape index (κ1) is 31.5. The Morgan fingerprint density at radius 1 is 1.20 bits per heavy atom. The zero-order valence-electron chi connectivity index (χ0n) is 24.0. The van der Waals surface area contributed by atoms with Crippen LogP contribution in [0.5, 0.6) is 0 Å². The maximum Gasteiger partial charge on any atom is 0.259 e. The van der Waals surface area contributed by atoms with Crippen LogP contribution < -0.4 is 16.0 Å². The van der Waals surface area contributed by atoms with Gasteiger partial charge in [0, 0.05) is 62.5 Å². The molecule has 0 bridgehead atoms. The van der Waals surface area contributed by atoms with Gasteiger partial charge in [0.15, 0.2) is 0 Å². The number of hydrogen-bond donors (Lipinski definition) is 3. The Balaban J connectivity index is 0.00000441. The van der Waals surface area contributed by atoms with Crippen LogP contribution in [-0.4, -0.2) is 71.6 Å². The van der Waals surface area contributed by atoms with E-state index in [2.05, 4.69) is 34.8 Å². The van der Waals surface area contributed by atoms with Crippen LogP contribution in [0.2, 0.25) is 0 Å². The Bertz CT molecular complexity index is 1090. The second-order valence-corrected chi connectivity index (χ2v) is 12.1. The van der Waals surface area contributed by atoms with Crippen molar-refractivity contribution in [3.8, 4) is 0 Å². The van der Waals surface area contributed by atoms with Gasteiger partial charge in [0.1, 0.15) is 23.0 Å². The summed E-state index contributed by atoms with van der Waals surface area (Å²) in [7, 11) is 0. The lowest BCUT2D eigenvalue weighted by Crippen LogP contribution is -2.58. The van der Waals surface area contributed by atoms with E-state index in [1.807, 2.05) is 37.8 Å². The third kappa shape index (κ3) is 8.27. The van der Waals surface area contributed by atoms with Gasteiger partial charge in [0.05, 0.1) is 12.8 Å². The number of hydrogen-bond acceptors (Lipinski definition) is 8. The molecule has 0 spiro atoms. The zero-order chi connectivity index (χ0) is 28.0. The Labute approximate surface area is 239 Å². The minimum absolute atomic E-state index is 0. The summed E-state index contributed by atoms with van der Waals surface area (Å²) in [5.41, 5.74) is 0.160. The number of amides is 2. The van der Waals surface area contributed by atoms with Gasteiger partial charge in [-0.25, -0.2) is 9.97 Å². The van der Waals surface area contributed by atoms with Gasteiger partial charge in [-0.2, -0.15) is 0 Å². The molecule has 40 heavy (non-hydrogen) atoms. The molecular formula is C30H48N6O4. The van der Waals surface area contributed by atoms with Gasteiger partial charge in [-0.05, 0) is 37.3 Å². The SMILES string of the molecule is C.CC(C)CN(C(=O)c1cnc(C(C)(C)C)nc1NCc1ccco1)[C@@H]1CNC[C@H](NC(=O)C2CCOCC2)C1. The van der Waals surface area contributed by atoms with E-state index in [9.17, 15) is 9.59 Å². The number of ether oxygens (including phenoxy) is 1. The topological polar surface area (TPSA) is 122 Å². The number of aromatic nitrogens is 2. The highest BCUT2D eigenvalue weighted by Crippen LogP contribution is 2.25. The Kier molecular flexibility index (Phi) is 11.1. The first-order valence-corrected chi connectivity index (χ1v) is 14.2. The molecule has 0 aromatic carbocycles. The van der Waals surface area contributed by atoms with Crippen LogP contribution in [0, 0.1) is 11.8 Å². The molecule has 10 nitrogen and oxygen atoms in total. The molecule has 3 N–H and O–H groups in total. The highest BCUT2D eigenvalue weighted by molar-refractivity contribution is 5.98. The van der Waals surface area contributed by atoms with Crippen molar-refractivity contribution in [2.45, 2.75) is 85.4 Å². The van der Waals surface area contributed by atoms with E-state index in [0.717, 1.165) is 18.6 Å². The molecule has 2 aliphatic heterocycles. The zero-order valence-corrected chi connectivity index (χ0v) is 24.0. The fourth-order valence-corrected chi connectivity index (χ4v) is 5.11. The third-order valence-electron chi connectivity index (χ3n) is 7.23.